The van der Waals surface area contributed by atoms with Gasteiger partial charge in [0.1, 0.15) is 5.76 Å². The van der Waals surface area contributed by atoms with Crippen molar-refractivity contribution < 1.29 is 5.11 Å². The van der Waals surface area contributed by atoms with E-state index in [1.165, 1.54) is 0 Å². The highest BCUT2D eigenvalue weighted by atomic mass is 16.3. The number of nitrogens with one attached hydrogen (secondary N) is 3. The maximum atomic E-state index is 10.2. The Labute approximate surface area is 171 Å². The van der Waals surface area contributed by atoms with Crippen LogP contribution in [0.3, 0.4) is 0 Å². The van der Waals surface area contributed by atoms with E-state index in [9.17, 15) is 5.11 Å². The highest BCUT2D eigenvalue weighted by Crippen LogP contribution is 2.20. The number of hydrogen-bond donors (Lipinski definition) is 4. The van der Waals surface area contributed by atoms with Crippen molar-refractivity contribution in [3.8, 4) is 0 Å². The molecule has 0 saturated carbocycles. The molecule has 5 heteroatoms. The first-order valence-electron chi connectivity index (χ1n) is 9.49. The molecule has 1 atom stereocenters. The summed E-state index contributed by atoms with van der Waals surface area (Å²) in [6.45, 7) is 5.81. The quantitative estimate of drug-likeness (QED) is 0.394. The Morgan fingerprint density at radius 2 is 1.69 bits per heavy atom. The number of aryl methyl sites for hydroxylation is 1. The Bertz CT molecular complexity index is 979. The van der Waals surface area contributed by atoms with Gasteiger partial charge >= 0.3 is 0 Å². The lowest BCUT2D eigenvalue weighted by atomic mass is 10.0. The zero-order valence-electron chi connectivity index (χ0n) is 16.5. The fourth-order valence-electron chi connectivity index (χ4n) is 2.89. The molecular weight excluding hydrogens is 360 g/mol. The molecule has 1 unspecified atom stereocenters. The summed E-state index contributed by atoms with van der Waals surface area (Å²) in [4.78, 5) is 7.18. The summed E-state index contributed by atoms with van der Waals surface area (Å²) in [6.07, 6.45) is 7.92. The molecule has 5 nitrogen and oxygen atoms in total. The van der Waals surface area contributed by atoms with E-state index < -0.39 is 0 Å². The average Bonchev–Trinajstić information content (AvgIpc) is 2.82. The van der Waals surface area contributed by atoms with E-state index in [0.29, 0.717) is 6.42 Å². The number of aromatic nitrogens is 2. The Balaban J connectivity index is 1.73. The molecule has 148 valence electrons. The van der Waals surface area contributed by atoms with E-state index in [-0.39, 0.29) is 11.8 Å². The lowest BCUT2D eigenvalue weighted by Gasteiger charge is -2.20. The van der Waals surface area contributed by atoms with Gasteiger partial charge in [0.25, 0.3) is 0 Å². The van der Waals surface area contributed by atoms with Gasteiger partial charge in [-0.05, 0) is 60.5 Å². The van der Waals surface area contributed by atoms with Crippen LogP contribution in [0.4, 0.5) is 17.1 Å². The van der Waals surface area contributed by atoms with Crippen LogP contribution in [0.25, 0.3) is 0 Å². The third-order valence-electron chi connectivity index (χ3n) is 4.55. The minimum absolute atomic E-state index is 0.101. The number of anilines is 3. The molecule has 0 aliphatic carbocycles. The first-order chi connectivity index (χ1) is 14.1. The molecule has 0 fully saturated rings. The number of nitrogens with zero attached hydrogens (tertiary/aromatic N) is 1. The lowest BCUT2D eigenvalue weighted by Crippen LogP contribution is -2.24. The maximum Gasteiger partial charge on any atom is 0.108 e. The minimum atomic E-state index is -0.306. The summed E-state index contributed by atoms with van der Waals surface area (Å²) in [5.41, 5.74) is 5.07. The second kappa shape index (κ2) is 9.99. The van der Waals surface area contributed by atoms with Gasteiger partial charge in [-0.15, -0.1) is 0 Å². The molecule has 3 aromatic rings. The van der Waals surface area contributed by atoms with E-state index >= 15 is 0 Å². The molecule has 0 bridgehead atoms. The highest BCUT2D eigenvalue weighted by Gasteiger charge is 2.14. The van der Waals surface area contributed by atoms with Gasteiger partial charge in [0.15, 0.2) is 0 Å². The number of aliphatic hydroxyl groups excluding tert-OH is 1. The van der Waals surface area contributed by atoms with Crippen molar-refractivity contribution in [2.45, 2.75) is 19.4 Å². The van der Waals surface area contributed by atoms with Crippen molar-refractivity contribution in [1.82, 2.24) is 9.97 Å². The van der Waals surface area contributed by atoms with E-state index in [4.69, 9.17) is 0 Å². The summed E-state index contributed by atoms with van der Waals surface area (Å²) in [7, 11) is 0. The largest absolute Gasteiger partial charge is 0.511 e. The molecule has 2 heterocycles. The highest BCUT2D eigenvalue weighted by molar-refractivity contribution is 5.62. The Morgan fingerprint density at radius 1 is 1.00 bits per heavy atom. The van der Waals surface area contributed by atoms with Gasteiger partial charge < -0.3 is 20.7 Å². The summed E-state index contributed by atoms with van der Waals surface area (Å²) in [6, 6.07) is 19.4. The number of aliphatic hydroxyl groups is 1. The number of H-pyrrole nitrogens is 1. The van der Waals surface area contributed by atoms with E-state index in [1.54, 1.807) is 12.4 Å². The predicted molar refractivity (Wildman–Crippen MR) is 120 cm³/mol. The lowest BCUT2D eigenvalue weighted by molar-refractivity contribution is 0.377. The van der Waals surface area contributed by atoms with Crippen molar-refractivity contribution >= 4 is 17.1 Å². The Morgan fingerprint density at radius 3 is 2.41 bits per heavy atom. The zero-order chi connectivity index (χ0) is 20.5. The van der Waals surface area contributed by atoms with E-state index in [0.717, 1.165) is 28.2 Å². The molecule has 1 aromatic carbocycles. The third kappa shape index (κ3) is 6.14. The molecule has 0 radical (unpaired) electrons. The number of aromatic amines is 1. The van der Waals surface area contributed by atoms with Crippen LogP contribution in [-0.4, -0.2) is 21.1 Å². The molecule has 0 aliphatic rings. The van der Waals surface area contributed by atoms with Crippen LogP contribution in [-0.2, 0) is 6.42 Å². The number of hydrogen-bond acceptors (Lipinski definition) is 4. The smallest absolute Gasteiger partial charge is 0.108 e. The van der Waals surface area contributed by atoms with Crippen molar-refractivity contribution in [3.63, 3.8) is 0 Å². The fourth-order valence-corrected chi connectivity index (χ4v) is 2.89. The van der Waals surface area contributed by atoms with Crippen molar-refractivity contribution in [1.29, 1.82) is 0 Å². The fraction of sp³-hybridized carbons (Fsp3) is 0.125. The van der Waals surface area contributed by atoms with Crippen LogP contribution < -0.4 is 10.6 Å². The van der Waals surface area contributed by atoms with Gasteiger partial charge in [0.2, 0.25) is 0 Å². The summed E-state index contributed by atoms with van der Waals surface area (Å²) in [5, 5.41) is 16.8. The second-order valence-corrected chi connectivity index (χ2v) is 6.76. The Kier molecular flexibility index (Phi) is 6.90. The van der Waals surface area contributed by atoms with Crippen LogP contribution >= 0.6 is 0 Å². The zero-order valence-corrected chi connectivity index (χ0v) is 16.5. The molecule has 4 N–H and O–H groups in total. The number of pyridine rings is 1. The normalized spacial score (nSPS) is 11.2. The minimum Gasteiger partial charge on any atom is -0.511 e. The van der Waals surface area contributed by atoms with Crippen LogP contribution in [0.15, 0.2) is 97.8 Å². The summed E-state index contributed by atoms with van der Waals surface area (Å²) >= 11 is 0. The van der Waals surface area contributed by atoms with Crippen molar-refractivity contribution in [2.24, 2.45) is 0 Å². The van der Waals surface area contributed by atoms with Gasteiger partial charge in [-0.1, -0.05) is 24.8 Å². The molecule has 2 aromatic heterocycles. The predicted octanol–water partition coefficient (Wildman–Crippen LogP) is 5.68. The Hall–Kier alpha value is -3.73. The first-order valence-corrected chi connectivity index (χ1v) is 9.49. The average molecular weight is 386 g/mol. The molecule has 0 spiro atoms. The first kappa shape index (κ1) is 20.0. The molecule has 0 aliphatic heterocycles. The third-order valence-corrected chi connectivity index (χ3v) is 4.55. The van der Waals surface area contributed by atoms with Crippen LogP contribution in [0.1, 0.15) is 11.1 Å². The molecular formula is C24H26N4O. The molecule has 0 amide bonds. The van der Waals surface area contributed by atoms with Crippen molar-refractivity contribution in [2.75, 3.05) is 10.6 Å². The molecule has 29 heavy (non-hydrogen) atoms. The van der Waals surface area contributed by atoms with Crippen LogP contribution in [0.5, 0.6) is 0 Å². The van der Waals surface area contributed by atoms with Gasteiger partial charge in [-0.3, -0.25) is 4.98 Å². The number of rotatable bonds is 7. The second-order valence-electron chi connectivity index (χ2n) is 6.76. The topological polar surface area (TPSA) is 73.0 Å². The van der Waals surface area contributed by atoms with E-state index in [2.05, 4.69) is 40.2 Å². The van der Waals surface area contributed by atoms with Crippen LogP contribution in [0, 0.1) is 6.92 Å². The standard InChI is InChI=1S/C24H26N4O/c1-18-6-4-3-5-13-26-17-20(18)16-24(19(2)29)28-22-9-7-21(8-10-22)27-23-11-14-25-15-12-23/h3-15,17,24,26,28-29H,2,16H2,1H3,(H,25,27). The van der Waals surface area contributed by atoms with Crippen molar-refractivity contribution in [3.05, 3.63) is 109 Å². The maximum absolute atomic E-state index is 10.2. The van der Waals surface area contributed by atoms with Gasteiger partial charge in [-0.2, -0.15) is 0 Å². The summed E-state index contributed by atoms with van der Waals surface area (Å²) in [5.74, 6) is 0.101. The van der Waals surface area contributed by atoms with Crippen LogP contribution in [0.2, 0.25) is 0 Å². The monoisotopic (exact) mass is 386 g/mol. The van der Waals surface area contributed by atoms with E-state index in [1.807, 2.05) is 67.0 Å². The van der Waals surface area contributed by atoms with Gasteiger partial charge in [-0.25, -0.2) is 0 Å². The SMILES string of the molecule is C=C(O)C(Cc1c[nH]cccccc1C)Nc1ccc(Nc2ccncc2)cc1. The van der Waals surface area contributed by atoms with Gasteiger partial charge in [0.05, 0.1) is 6.04 Å². The summed E-state index contributed by atoms with van der Waals surface area (Å²) < 4.78 is 0. The van der Waals surface area contributed by atoms with Gasteiger partial charge in [0, 0.05) is 48.3 Å². The molecule has 3 rings (SSSR count). The molecule has 0 saturated heterocycles. The number of benzene rings is 1.